The summed E-state index contributed by atoms with van der Waals surface area (Å²) in [6.45, 7) is 1.65. The summed E-state index contributed by atoms with van der Waals surface area (Å²) in [7, 11) is -4.00. The molecule has 1 N–H and O–H groups in total. The Balaban J connectivity index is 1.85. The molecule has 0 radical (unpaired) electrons. The number of sulfonamides is 1. The lowest BCUT2D eigenvalue weighted by atomic mass is 10.2. The number of benzene rings is 2. The molecule has 0 fully saturated rings. The zero-order valence-corrected chi connectivity index (χ0v) is 15.5. The largest absolute Gasteiger partial charge is 0.279 e. The number of nitrogens with zero attached hydrogens (tertiary/aromatic N) is 2. The zero-order valence-electron chi connectivity index (χ0n) is 13.8. The Morgan fingerprint density at radius 1 is 1.08 bits per heavy atom. The summed E-state index contributed by atoms with van der Waals surface area (Å²) in [5, 5.41) is 0. The van der Waals surface area contributed by atoms with Crippen molar-refractivity contribution >= 4 is 36.5 Å². The van der Waals surface area contributed by atoms with Crippen molar-refractivity contribution in [1.29, 1.82) is 0 Å². The molecule has 26 heavy (non-hydrogen) atoms. The number of nitrogens with one attached hydrogen (secondary N) is 1. The molecule has 0 aliphatic rings. The summed E-state index contributed by atoms with van der Waals surface area (Å²) < 4.78 is 30.3. The molecule has 0 aliphatic heterocycles. The van der Waals surface area contributed by atoms with Gasteiger partial charge in [0.15, 0.2) is 9.86 Å². The molecule has 0 saturated carbocycles. The van der Waals surface area contributed by atoms with E-state index in [4.69, 9.17) is 0 Å². The minimum atomic E-state index is -4.00. The minimum absolute atomic E-state index is 0.106. The van der Waals surface area contributed by atoms with E-state index in [1.807, 2.05) is 48.5 Å². The molecule has 0 spiro atoms. The smallest absolute Gasteiger partial charge is 0.267 e. The van der Waals surface area contributed by atoms with Crippen LogP contribution in [0.2, 0.25) is 0 Å². The van der Waals surface area contributed by atoms with E-state index in [0.717, 1.165) is 10.3 Å². The Kier molecular flexibility index (Phi) is 4.10. The average molecular weight is 385 g/mol. The highest BCUT2D eigenvalue weighted by Gasteiger charge is 2.25. The van der Waals surface area contributed by atoms with Gasteiger partial charge in [0.05, 0.1) is 15.9 Å². The van der Waals surface area contributed by atoms with Crippen molar-refractivity contribution < 1.29 is 8.42 Å². The highest BCUT2D eigenvalue weighted by Crippen LogP contribution is 2.24. The number of hydrogen-bond acceptors (Lipinski definition) is 5. The fraction of sp³-hybridized carbons (Fsp3) is 0.111. The van der Waals surface area contributed by atoms with E-state index in [9.17, 15) is 13.2 Å². The lowest BCUT2D eigenvalue weighted by Crippen LogP contribution is -2.32. The van der Waals surface area contributed by atoms with E-state index < -0.39 is 15.6 Å². The summed E-state index contributed by atoms with van der Waals surface area (Å²) in [4.78, 5) is 17.5. The summed E-state index contributed by atoms with van der Waals surface area (Å²) in [5.41, 5.74) is 1.08. The molecule has 0 bridgehead atoms. The first-order valence-electron chi connectivity index (χ1n) is 7.92. The summed E-state index contributed by atoms with van der Waals surface area (Å²) in [6.07, 6.45) is 0. The minimum Gasteiger partial charge on any atom is -0.267 e. The summed E-state index contributed by atoms with van der Waals surface area (Å²) in [6, 6.07) is 16.5. The fourth-order valence-corrected chi connectivity index (χ4v) is 5.17. The maximum Gasteiger partial charge on any atom is 0.279 e. The molecular weight excluding hydrogens is 370 g/mol. The Bertz CT molecular complexity index is 1280. The Hall–Kier alpha value is -2.55. The second-order valence-electron chi connectivity index (χ2n) is 5.83. The van der Waals surface area contributed by atoms with E-state index in [0.29, 0.717) is 10.5 Å². The Morgan fingerprint density at radius 3 is 2.54 bits per heavy atom. The average Bonchev–Trinajstić information content (AvgIpc) is 2.99. The van der Waals surface area contributed by atoms with Gasteiger partial charge in [-0.15, -0.1) is 0 Å². The normalized spacial score (nSPS) is 12.0. The maximum absolute atomic E-state index is 13.0. The molecule has 4 rings (SSSR count). The van der Waals surface area contributed by atoms with Gasteiger partial charge in [-0.05, 0) is 24.6 Å². The fourth-order valence-electron chi connectivity index (χ4n) is 2.85. The SMILES string of the molecule is Cc1nc2sc3ccccc3n2c(=O)c1S(=O)(=O)NCc1ccccc1. The van der Waals surface area contributed by atoms with Crippen molar-refractivity contribution in [2.24, 2.45) is 0 Å². The first kappa shape index (κ1) is 16.9. The van der Waals surface area contributed by atoms with Gasteiger partial charge in [0, 0.05) is 6.54 Å². The standard InChI is InChI=1S/C18H15N3O3S2/c1-12-16(26(23,24)19-11-13-7-3-2-4-8-13)17(22)21-14-9-5-6-10-15(14)25-18(21)20-12/h2-10,19H,11H2,1H3. The van der Waals surface area contributed by atoms with E-state index in [1.54, 1.807) is 13.0 Å². The molecule has 2 aromatic carbocycles. The molecule has 0 saturated heterocycles. The van der Waals surface area contributed by atoms with Gasteiger partial charge in [-0.3, -0.25) is 4.79 Å². The quantitative estimate of drug-likeness (QED) is 0.586. The van der Waals surface area contributed by atoms with Crippen LogP contribution >= 0.6 is 11.3 Å². The van der Waals surface area contributed by atoms with Crippen molar-refractivity contribution in [3.05, 3.63) is 76.2 Å². The molecule has 0 atom stereocenters. The highest BCUT2D eigenvalue weighted by molar-refractivity contribution is 7.89. The van der Waals surface area contributed by atoms with Gasteiger partial charge in [0.1, 0.15) is 0 Å². The van der Waals surface area contributed by atoms with Crippen LogP contribution in [0.25, 0.3) is 15.2 Å². The highest BCUT2D eigenvalue weighted by atomic mass is 32.2. The zero-order chi connectivity index (χ0) is 18.3. The van der Waals surface area contributed by atoms with Gasteiger partial charge >= 0.3 is 0 Å². The van der Waals surface area contributed by atoms with E-state index in [-0.39, 0.29) is 17.1 Å². The number of fused-ring (bicyclic) bond motifs is 3. The van der Waals surface area contributed by atoms with Crippen molar-refractivity contribution in [1.82, 2.24) is 14.1 Å². The van der Waals surface area contributed by atoms with Crippen molar-refractivity contribution in [3.63, 3.8) is 0 Å². The van der Waals surface area contributed by atoms with Crippen LogP contribution in [0.15, 0.2) is 64.3 Å². The van der Waals surface area contributed by atoms with Crippen LogP contribution in [0.3, 0.4) is 0 Å². The number of hydrogen-bond donors (Lipinski definition) is 1. The maximum atomic E-state index is 13.0. The van der Waals surface area contributed by atoms with E-state index in [2.05, 4.69) is 9.71 Å². The lowest BCUT2D eigenvalue weighted by molar-refractivity contribution is 0.578. The van der Waals surface area contributed by atoms with Gasteiger partial charge in [0.2, 0.25) is 10.0 Å². The molecule has 4 aromatic rings. The molecule has 6 nitrogen and oxygen atoms in total. The molecule has 8 heteroatoms. The van der Waals surface area contributed by atoms with Crippen LogP contribution in [-0.2, 0) is 16.6 Å². The molecule has 2 heterocycles. The van der Waals surface area contributed by atoms with Gasteiger partial charge < -0.3 is 0 Å². The van der Waals surface area contributed by atoms with Crippen LogP contribution in [0.1, 0.15) is 11.3 Å². The van der Waals surface area contributed by atoms with Crippen molar-refractivity contribution in [2.45, 2.75) is 18.4 Å². The van der Waals surface area contributed by atoms with Gasteiger partial charge in [-0.25, -0.2) is 22.5 Å². The number of para-hydroxylation sites is 1. The van der Waals surface area contributed by atoms with Crippen LogP contribution in [-0.4, -0.2) is 17.8 Å². The van der Waals surface area contributed by atoms with Crippen molar-refractivity contribution in [3.8, 4) is 0 Å². The third-order valence-electron chi connectivity index (χ3n) is 4.07. The van der Waals surface area contributed by atoms with Gasteiger partial charge in [-0.2, -0.15) is 0 Å². The predicted octanol–water partition coefficient (Wildman–Crippen LogP) is 2.70. The molecule has 132 valence electrons. The number of rotatable bonds is 4. The topological polar surface area (TPSA) is 80.5 Å². The number of aryl methyl sites for hydroxylation is 1. The third kappa shape index (κ3) is 2.82. The monoisotopic (exact) mass is 385 g/mol. The third-order valence-corrected chi connectivity index (χ3v) is 6.62. The van der Waals surface area contributed by atoms with Crippen LogP contribution < -0.4 is 10.3 Å². The molecular formula is C18H15N3O3S2. The van der Waals surface area contributed by atoms with E-state index >= 15 is 0 Å². The van der Waals surface area contributed by atoms with Crippen LogP contribution in [0.5, 0.6) is 0 Å². The van der Waals surface area contributed by atoms with Crippen LogP contribution in [0, 0.1) is 6.92 Å². The first-order valence-corrected chi connectivity index (χ1v) is 10.2. The van der Waals surface area contributed by atoms with Gasteiger partial charge in [-0.1, -0.05) is 53.8 Å². The lowest BCUT2D eigenvalue weighted by Gasteiger charge is -2.09. The molecule has 0 unspecified atom stereocenters. The number of aromatic nitrogens is 2. The Labute approximate surface area is 153 Å². The van der Waals surface area contributed by atoms with Gasteiger partial charge in [0.25, 0.3) is 5.56 Å². The predicted molar refractivity (Wildman–Crippen MR) is 102 cm³/mol. The number of thiazole rings is 1. The van der Waals surface area contributed by atoms with Crippen molar-refractivity contribution in [2.75, 3.05) is 0 Å². The molecule has 0 amide bonds. The molecule has 0 aliphatic carbocycles. The summed E-state index contributed by atoms with van der Waals surface area (Å²) >= 11 is 1.36. The first-order chi connectivity index (χ1) is 12.5. The summed E-state index contributed by atoms with van der Waals surface area (Å²) in [5.74, 6) is 0. The van der Waals surface area contributed by atoms with E-state index in [1.165, 1.54) is 15.7 Å². The Morgan fingerprint density at radius 2 is 1.77 bits per heavy atom. The second kappa shape index (κ2) is 6.31. The molecule has 2 aromatic heterocycles. The van der Waals surface area contributed by atoms with Crippen LogP contribution in [0.4, 0.5) is 0 Å². The second-order valence-corrected chi connectivity index (χ2v) is 8.54.